The van der Waals surface area contributed by atoms with Gasteiger partial charge in [0.1, 0.15) is 0 Å². The van der Waals surface area contributed by atoms with E-state index in [1.54, 1.807) is 4.90 Å². The first kappa shape index (κ1) is 19.9. The molecule has 1 aromatic rings. The summed E-state index contributed by atoms with van der Waals surface area (Å²) in [6.45, 7) is 6.59. The number of hydrogen-bond acceptors (Lipinski definition) is 3. The predicted octanol–water partition coefficient (Wildman–Crippen LogP) is 2.35. The highest BCUT2D eigenvalue weighted by atomic mass is 16.4. The zero-order valence-corrected chi connectivity index (χ0v) is 15.7. The monoisotopic (exact) mass is 360 g/mol. The van der Waals surface area contributed by atoms with Gasteiger partial charge in [-0.1, -0.05) is 43.7 Å². The average molecular weight is 360 g/mol. The number of carbonyl (C=O) groups is 3. The maximum atomic E-state index is 12.5. The molecule has 1 unspecified atom stereocenters. The van der Waals surface area contributed by atoms with Gasteiger partial charge in [0, 0.05) is 26.1 Å². The number of likely N-dealkylation sites (tertiary alicyclic amines) is 1. The number of hydrogen-bond donors (Lipinski definition) is 2. The Morgan fingerprint density at radius 1 is 1.23 bits per heavy atom. The number of carboxylic acid groups (broad SMARTS) is 1. The normalized spacial score (nSPS) is 17.4. The lowest BCUT2D eigenvalue weighted by Crippen LogP contribution is -2.44. The third-order valence-electron chi connectivity index (χ3n) is 5.49. The SMILES string of the molecule is CCC(CC)(CNC(=O)C1CC(=O)N(Cc2ccc(C)cc2)C1)C(=O)O. The van der Waals surface area contributed by atoms with Gasteiger partial charge >= 0.3 is 5.97 Å². The van der Waals surface area contributed by atoms with Gasteiger partial charge < -0.3 is 15.3 Å². The molecule has 1 aliphatic rings. The molecular formula is C20H28N2O4. The molecule has 0 saturated carbocycles. The maximum absolute atomic E-state index is 12.5. The van der Waals surface area contributed by atoms with Crippen LogP contribution in [-0.2, 0) is 20.9 Å². The summed E-state index contributed by atoms with van der Waals surface area (Å²) in [7, 11) is 0. The van der Waals surface area contributed by atoms with Crippen LogP contribution in [0.25, 0.3) is 0 Å². The second-order valence-corrected chi connectivity index (χ2v) is 7.17. The Kier molecular flexibility index (Phi) is 6.40. The van der Waals surface area contributed by atoms with E-state index < -0.39 is 17.3 Å². The topological polar surface area (TPSA) is 86.7 Å². The number of carboxylic acids is 1. The summed E-state index contributed by atoms with van der Waals surface area (Å²) in [6.07, 6.45) is 1.07. The molecule has 1 atom stereocenters. The van der Waals surface area contributed by atoms with E-state index in [1.807, 2.05) is 45.0 Å². The molecule has 6 heteroatoms. The quantitative estimate of drug-likeness (QED) is 0.745. The van der Waals surface area contributed by atoms with Crippen molar-refractivity contribution in [2.45, 2.75) is 46.6 Å². The van der Waals surface area contributed by atoms with Crippen LogP contribution in [0.1, 0.15) is 44.2 Å². The fourth-order valence-corrected chi connectivity index (χ4v) is 3.29. The molecule has 26 heavy (non-hydrogen) atoms. The average Bonchev–Trinajstić information content (AvgIpc) is 2.98. The highest BCUT2D eigenvalue weighted by molar-refractivity contribution is 5.89. The van der Waals surface area contributed by atoms with Crippen molar-refractivity contribution >= 4 is 17.8 Å². The van der Waals surface area contributed by atoms with E-state index in [0.29, 0.717) is 25.9 Å². The molecule has 2 rings (SSSR count). The van der Waals surface area contributed by atoms with Gasteiger partial charge in [-0.15, -0.1) is 0 Å². The smallest absolute Gasteiger partial charge is 0.311 e. The van der Waals surface area contributed by atoms with Crippen molar-refractivity contribution in [1.29, 1.82) is 0 Å². The van der Waals surface area contributed by atoms with Crippen LogP contribution in [0.15, 0.2) is 24.3 Å². The second-order valence-electron chi connectivity index (χ2n) is 7.17. The van der Waals surface area contributed by atoms with Crippen LogP contribution in [0.2, 0.25) is 0 Å². The Balaban J connectivity index is 1.93. The van der Waals surface area contributed by atoms with Crippen molar-refractivity contribution < 1.29 is 19.5 Å². The fraction of sp³-hybridized carbons (Fsp3) is 0.550. The number of aryl methyl sites for hydroxylation is 1. The molecule has 0 aliphatic carbocycles. The highest BCUT2D eigenvalue weighted by Gasteiger charge is 2.38. The van der Waals surface area contributed by atoms with Gasteiger partial charge in [0.25, 0.3) is 0 Å². The standard InChI is InChI=1S/C20H28N2O4/c1-4-20(5-2,19(25)26)13-21-18(24)16-10-17(23)22(12-16)11-15-8-6-14(3)7-9-15/h6-9,16H,4-5,10-13H2,1-3H3,(H,21,24)(H,25,26). The molecule has 2 N–H and O–H groups in total. The van der Waals surface area contributed by atoms with E-state index in [2.05, 4.69) is 5.32 Å². The third-order valence-corrected chi connectivity index (χ3v) is 5.49. The lowest BCUT2D eigenvalue weighted by Gasteiger charge is -2.27. The number of rotatable bonds is 8. The van der Waals surface area contributed by atoms with Crippen molar-refractivity contribution in [3.05, 3.63) is 35.4 Å². The second kappa shape index (κ2) is 8.34. The summed E-state index contributed by atoms with van der Waals surface area (Å²) in [4.78, 5) is 37.9. The zero-order valence-electron chi connectivity index (χ0n) is 15.7. The highest BCUT2D eigenvalue weighted by Crippen LogP contribution is 2.26. The zero-order chi connectivity index (χ0) is 19.3. The summed E-state index contributed by atoms with van der Waals surface area (Å²) in [5.74, 6) is -1.60. The van der Waals surface area contributed by atoms with E-state index in [0.717, 1.165) is 11.1 Å². The molecule has 1 aromatic carbocycles. The van der Waals surface area contributed by atoms with Gasteiger partial charge in [-0.3, -0.25) is 14.4 Å². The Labute approximate surface area is 154 Å². The van der Waals surface area contributed by atoms with Crippen molar-refractivity contribution in [1.82, 2.24) is 10.2 Å². The molecular weight excluding hydrogens is 332 g/mol. The molecule has 1 heterocycles. The van der Waals surface area contributed by atoms with E-state index >= 15 is 0 Å². The molecule has 142 valence electrons. The molecule has 0 spiro atoms. The third kappa shape index (κ3) is 4.42. The number of benzene rings is 1. The number of amides is 2. The maximum Gasteiger partial charge on any atom is 0.311 e. The van der Waals surface area contributed by atoms with Gasteiger partial charge in [-0.2, -0.15) is 0 Å². The van der Waals surface area contributed by atoms with E-state index in [1.165, 1.54) is 0 Å². The van der Waals surface area contributed by atoms with Crippen LogP contribution in [0.4, 0.5) is 0 Å². The Morgan fingerprint density at radius 2 is 1.85 bits per heavy atom. The molecule has 2 amide bonds. The lowest BCUT2D eigenvalue weighted by molar-refractivity contribution is -0.149. The first-order valence-electron chi connectivity index (χ1n) is 9.15. The molecule has 1 aliphatic heterocycles. The predicted molar refractivity (Wildman–Crippen MR) is 98.4 cm³/mol. The van der Waals surface area contributed by atoms with E-state index in [4.69, 9.17) is 0 Å². The summed E-state index contributed by atoms with van der Waals surface area (Å²) in [5, 5.41) is 12.2. The van der Waals surface area contributed by atoms with Gasteiger partial charge in [0.2, 0.25) is 11.8 Å². The minimum Gasteiger partial charge on any atom is -0.481 e. The molecule has 6 nitrogen and oxygen atoms in total. The Bertz CT molecular complexity index is 665. The van der Waals surface area contributed by atoms with Crippen molar-refractivity contribution in [2.24, 2.45) is 11.3 Å². The molecule has 0 bridgehead atoms. The van der Waals surface area contributed by atoms with Gasteiger partial charge in [-0.25, -0.2) is 0 Å². The van der Waals surface area contributed by atoms with Crippen molar-refractivity contribution in [3.63, 3.8) is 0 Å². The minimum atomic E-state index is -0.945. The summed E-state index contributed by atoms with van der Waals surface area (Å²) < 4.78 is 0. The molecule has 0 radical (unpaired) electrons. The minimum absolute atomic E-state index is 0.0406. The number of carbonyl (C=O) groups excluding carboxylic acids is 2. The van der Waals surface area contributed by atoms with Crippen LogP contribution >= 0.6 is 0 Å². The van der Waals surface area contributed by atoms with E-state index in [-0.39, 0.29) is 24.8 Å². The first-order chi connectivity index (χ1) is 12.3. The van der Waals surface area contributed by atoms with Crippen LogP contribution < -0.4 is 5.32 Å². The fourth-order valence-electron chi connectivity index (χ4n) is 3.29. The Morgan fingerprint density at radius 3 is 2.38 bits per heavy atom. The number of aliphatic carboxylic acids is 1. The van der Waals surface area contributed by atoms with Crippen molar-refractivity contribution in [2.75, 3.05) is 13.1 Å². The molecule has 1 saturated heterocycles. The Hall–Kier alpha value is -2.37. The van der Waals surface area contributed by atoms with Crippen LogP contribution in [0, 0.1) is 18.3 Å². The molecule has 1 fully saturated rings. The summed E-state index contributed by atoms with van der Waals surface area (Å²) >= 11 is 0. The van der Waals surface area contributed by atoms with Crippen LogP contribution in [0.3, 0.4) is 0 Å². The van der Waals surface area contributed by atoms with Gasteiger partial charge in [0.05, 0.1) is 11.3 Å². The van der Waals surface area contributed by atoms with Gasteiger partial charge in [0.15, 0.2) is 0 Å². The summed E-state index contributed by atoms with van der Waals surface area (Å²) in [5.41, 5.74) is 1.25. The van der Waals surface area contributed by atoms with Gasteiger partial charge in [-0.05, 0) is 25.3 Å². The first-order valence-corrected chi connectivity index (χ1v) is 9.15. The van der Waals surface area contributed by atoms with Crippen LogP contribution in [0.5, 0.6) is 0 Å². The van der Waals surface area contributed by atoms with E-state index in [9.17, 15) is 19.5 Å². The molecule has 0 aromatic heterocycles. The number of nitrogens with zero attached hydrogens (tertiary/aromatic N) is 1. The number of nitrogens with one attached hydrogen (secondary N) is 1. The van der Waals surface area contributed by atoms with Crippen LogP contribution in [-0.4, -0.2) is 40.9 Å². The van der Waals surface area contributed by atoms with Crippen molar-refractivity contribution in [3.8, 4) is 0 Å². The largest absolute Gasteiger partial charge is 0.481 e. The summed E-state index contributed by atoms with van der Waals surface area (Å²) in [6, 6.07) is 7.97. The lowest BCUT2D eigenvalue weighted by atomic mass is 9.82.